The highest BCUT2D eigenvalue weighted by Gasteiger charge is 2.44. The number of amides is 2. The number of carboxylic acids is 1. The molecular weight excluding hydrogens is 265 g/mol. The average Bonchev–Trinajstić information content (AvgIpc) is 2.22. The molecule has 19 heavy (non-hydrogen) atoms. The monoisotopic (exact) mass is 282 g/mol. The van der Waals surface area contributed by atoms with Crippen molar-refractivity contribution in [3.63, 3.8) is 0 Å². The van der Waals surface area contributed by atoms with Gasteiger partial charge in [0.15, 0.2) is 0 Å². The number of rotatable bonds is 5. The summed E-state index contributed by atoms with van der Waals surface area (Å²) in [7, 11) is 1.25. The quantitative estimate of drug-likeness (QED) is 0.808. The second-order valence-electron chi connectivity index (χ2n) is 4.88. The summed E-state index contributed by atoms with van der Waals surface area (Å²) in [6, 6.07) is -0.684. The van der Waals surface area contributed by atoms with Gasteiger partial charge in [0.1, 0.15) is 0 Å². The van der Waals surface area contributed by atoms with E-state index in [0.717, 1.165) is 11.3 Å². The fourth-order valence-corrected chi connectivity index (χ4v) is 1.85. The van der Waals surface area contributed by atoms with Crippen LogP contribution in [0.3, 0.4) is 0 Å². The van der Waals surface area contributed by atoms with Crippen molar-refractivity contribution >= 4 is 12.0 Å². The number of urea groups is 1. The summed E-state index contributed by atoms with van der Waals surface area (Å²) in [4.78, 5) is 23.5. The number of hydrogen-bond acceptors (Lipinski definition) is 2. The molecule has 1 saturated carbocycles. The SMILES string of the molecule is CN(CCC(F)(F)F)C(=O)NCC1(C(=O)O)CCC1. The van der Waals surface area contributed by atoms with Crippen molar-refractivity contribution in [2.24, 2.45) is 5.41 Å². The molecular formula is C11H17F3N2O3. The number of aliphatic carboxylic acids is 1. The van der Waals surface area contributed by atoms with Crippen molar-refractivity contribution in [1.82, 2.24) is 10.2 Å². The lowest BCUT2D eigenvalue weighted by Gasteiger charge is -2.37. The molecule has 1 fully saturated rings. The van der Waals surface area contributed by atoms with Crippen molar-refractivity contribution in [3.8, 4) is 0 Å². The fraction of sp³-hybridized carbons (Fsp3) is 0.818. The molecule has 0 heterocycles. The van der Waals surface area contributed by atoms with Crippen LogP contribution in [0.15, 0.2) is 0 Å². The topological polar surface area (TPSA) is 69.6 Å². The third-order valence-electron chi connectivity index (χ3n) is 3.42. The maximum absolute atomic E-state index is 12.0. The summed E-state index contributed by atoms with van der Waals surface area (Å²) in [5.74, 6) is -0.975. The number of carbonyl (C=O) groups excluding carboxylic acids is 1. The van der Waals surface area contributed by atoms with Crippen molar-refractivity contribution in [1.29, 1.82) is 0 Å². The van der Waals surface area contributed by atoms with E-state index in [1.807, 2.05) is 0 Å². The zero-order chi connectivity index (χ0) is 14.7. The molecule has 0 aliphatic heterocycles. The predicted molar refractivity (Wildman–Crippen MR) is 60.6 cm³/mol. The first-order chi connectivity index (χ1) is 8.66. The van der Waals surface area contributed by atoms with Crippen LogP contribution in [0.5, 0.6) is 0 Å². The lowest BCUT2D eigenvalue weighted by Crippen LogP contribution is -2.50. The highest BCUT2D eigenvalue weighted by Crippen LogP contribution is 2.40. The summed E-state index contributed by atoms with van der Waals surface area (Å²) in [6.07, 6.45) is -3.65. The Bertz CT molecular complexity index is 354. The van der Waals surface area contributed by atoms with E-state index in [-0.39, 0.29) is 6.54 Å². The molecule has 0 spiro atoms. The third kappa shape index (κ3) is 4.29. The molecule has 2 N–H and O–H groups in total. The van der Waals surface area contributed by atoms with Crippen molar-refractivity contribution < 1.29 is 27.9 Å². The van der Waals surface area contributed by atoms with Crippen LogP contribution in [0.2, 0.25) is 0 Å². The van der Waals surface area contributed by atoms with Crippen molar-refractivity contribution in [2.75, 3.05) is 20.1 Å². The zero-order valence-corrected chi connectivity index (χ0v) is 10.6. The Morgan fingerprint density at radius 1 is 1.37 bits per heavy atom. The zero-order valence-electron chi connectivity index (χ0n) is 10.6. The van der Waals surface area contributed by atoms with Gasteiger partial charge >= 0.3 is 18.2 Å². The number of nitrogens with zero attached hydrogens (tertiary/aromatic N) is 1. The first-order valence-electron chi connectivity index (χ1n) is 5.95. The van der Waals surface area contributed by atoms with Gasteiger partial charge in [-0.05, 0) is 12.8 Å². The van der Waals surface area contributed by atoms with E-state index in [1.165, 1.54) is 7.05 Å². The molecule has 2 amide bonds. The van der Waals surface area contributed by atoms with Gasteiger partial charge in [0.25, 0.3) is 0 Å². The van der Waals surface area contributed by atoms with E-state index < -0.39 is 36.6 Å². The van der Waals surface area contributed by atoms with Gasteiger partial charge in [0.05, 0.1) is 11.8 Å². The summed E-state index contributed by atoms with van der Waals surface area (Å²) < 4.78 is 36.0. The predicted octanol–water partition coefficient (Wildman–Crippen LogP) is 1.84. The molecule has 110 valence electrons. The molecule has 0 radical (unpaired) electrons. The van der Waals surface area contributed by atoms with Gasteiger partial charge in [-0.15, -0.1) is 0 Å². The molecule has 0 bridgehead atoms. The molecule has 8 heteroatoms. The smallest absolute Gasteiger partial charge is 0.390 e. The number of halogens is 3. The van der Waals surface area contributed by atoms with E-state index in [0.29, 0.717) is 12.8 Å². The van der Waals surface area contributed by atoms with Gasteiger partial charge in [0, 0.05) is 20.1 Å². The second-order valence-corrected chi connectivity index (χ2v) is 4.88. The van der Waals surface area contributed by atoms with Crippen molar-refractivity contribution in [3.05, 3.63) is 0 Å². The van der Waals surface area contributed by atoms with Crippen LogP contribution in [-0.2, 0) is 4.79 Å². The van der Waals surface area contributed by atoms with Crippen LogP contribution in [0.4, 0.5) is 18.0 Å². The molecule has 0 unspecified atom stereocenters. The van der Waals surface area contributed by atoms with E-state index in [2.05, 4.69) is 5.32 Å². The highest BCUT2D eigenvalue weighted by atomic mass is 19.4. The largest absolute Gasteiger partial charge is 0.481 e. The second kappa shape index (κ2) is 5.66. The molecule has 0 saturated heterocycles. The van der Waals surface area contributed by atoms with E-state index in [9.17, 15) is 22.8 Å². The van der Waals surface area contributed by atoms with Gasteiger partial charge in [-0.3, -0.25) is 4.79 Å². The molecule has 0 atom stereocenters. The Balaban J connectivity index is 2.36. The van der Waals surface area contributed by atoms with Gasteiger partial charge in [-0.25, -0.2) is 4.79 Å². The number of alkyl halides is 3. The Morgan fingerprint density at radius 2 is 1.95 bits per heavy atom. The van der Waals surface area contributed by atoms with Crippen LogP contribution in [-0.4, -0.2) is 48.3 Å². The van der Waals surface area contributed by atoms with Gasteiger partial charge in [0.2, 0.25) is 0 Å². The summed E-state index contributed by atoms with van der Waals surface area (Å²) in [5, 5.41) is 11.4. The molecule has 0 aromatic carbocycles. The number of carbonyl (C=O) groups is 2. The molecule has 5 nitrogen and oxygen atoms in total. The third-order valence-corrected chi connectivity index (χ3v) is 3.42. The summed E-state index contributed by atoms with van der Waals surface area (Å²) >= 11 is 0. The number of hydrogen-bond donors (Lipinski definition) is 2. The summed E-state index contributed by atoms with van der Waals surface area (Å²) in [5.41, 5.74) is -0.944. The Hall–Kier alpha value is -1.47. The fourth-order valence-electron chi connectivity index (χ4n) is 1.85. The average molecular weight is 282 g/mol. The van der Waals surface area contributed by atoms with Crippen LogP contribution in [0.1, 0.15) is 25.7 Å². The van der Waals surface area contributed by atoms with Crippen LogP contribution >= 0.6 is 0 Å². The minimum atomic E-state index is -4.31. The minimum absolute atomic E-state index is 0.0441. The summed E-state index contributed by atoms with van der Waals surface area (Å²) in [6.45, 7) is -0.493. The Morgan fingerprint density at radius 3 is 2.32 bits per heavy atom. The highest BCUT2D eigenvalue weighted by molar-refractivity contribution is 5.78. The van der Waals surface area contributed by atoms with E-state index in [1.54, 1.807) is 0 Å². The standard InChI is InChI=1S/C11H17F3N2O3/c1-16(6-5-11(12,13)14)9(19)15-7-10(8(17)18)3-2-4-10/h2-7H2,1H3,(H,15,19)(H,17,18). The first-order valence-corrected chi connectivity index (χ1v) is 5.95. The lowest BCUT2D eigenvalue weighted by molar-refractivity contribution is -0.153. The first kappa shape index (κ1) is 15.6. The number of carboxylic acid groups (broad SMARTS) is 1. The normalized spacial score (nSPS) is 17.5. The molecule has 1 aliphatic rings. The lowest BCUT2D eigenvalue weighted by atomic mass is 9.69. The Kier molecular flexibility index (Phi) is 4.65. The maximum Gasteiger partial charge on any atom is 0.390 e. The van der Waals surface area contributed by atoms with Crippen LogP contribution < -0.4 is 5.32 Å². The Labute approximate surface area is 108 Å². The van der Waals surface area contributed by atoms with Crippen molar-refractivity contribution in [2.45, 2.75) is 31.9 Å². The molecule has 0 aromatic rings. The van der Waals surface area contributed by atoms with E-state index in [4.69, 9.17) is 5.11 Å². The van der Waals surface area contributed by atoms with Gasteiger partial charge in [-0.2, -0.15) is 13.2 Å². The van der Waals surface area contributed by atoms with Crippen LogP contribution in [0.25, 0.3) is 0 Å². The van der Waals surface area contributed by atoms with Gasteiger partial charge < -0.3 is 15.3 Å². The molecule has 0 aromatic heterocycles. The maximum atomic E-state index is 12.0. The van der Waals surface area contributed by atoms with Crippen LogP contribution in [0, 0.1) is 5.41 Å². The minimum Gasteiger partial charge on any atom is -0.481 e. The molecule has 1 aliphatic carbocycles. The molecule has 1 rings (SSSR count). The number of nitrogens with one attached hydrogen (secondary N) is 1. The van der Waals surface area contributed by atoms with E-state index >= 15 is 0 Å². The van der Waals surface area contributed by atoms with Gasteiger partial charge in [-0.1, -0.05) is 6.42 Å².